The summed E-state index contributed by atoms with van der Waals surface area (Å²) in [4.78, 5) is 1.36. The fraction of sp³-hybridized carbons (Fsp3) is 0.500. The van der Waals surface area contributed by atoms with Gasteiger partial charge in [-0.2, -0.15) is 0 Å². The third-order valence-electron chi connectivity index (χ3n) is 2.32. The summed E-state index contributed by atoms with van der Waals surface area (Å²) < 4.78 is 0. The molecule has 1 atom stereocenters. The minimum Gasteiger partial charge on any atom is -0.328 e. The molecule has 0 aliphatic carbocycles. The maximum Gasteiger partial charge on any atom is 0.00747 e. The van der Waals surface area contributed by atoms with Gasteiger partial charge in [0.15, 0.2) is 0 Å². The van der Waals surface area contributed by atoms with E-state index >= 15 is 0 Å². The summed E-state index contributed by atoms with van der Waals surface area (Å²) in [5.74, 6) is 1.11. The van der Waals surface area contributed by atoms with Crippen LogP contribution in [0.5, 0.6) is 0 Å². The van der Waals surface area contributed by atoms with Crippen LogP contribution in [0.1, 0.15) is 24.5 Å². The molecule has 78 valence electrons. The molecule has 0 amide bonds. The Kier molecular flexibility index (Phi) is 4.49. The van der Waals surface area contributed by atoms with Gasteiger partial charge >= 0.3 is 0 Å². The van der Waals surface area contributed by atoms with Crippen LogP contribution < -0.4 is 5.73 Å². The molecule has 0 saturated heterocycles. The van der Waals surface area contributed by atoms with E-state index in [0.717, 1.165) is 12.2 Å². The Hall–Kier alpha value is -0.470. The first-order valence-corrected chi connectivity index (χ1v) is 6.04. The van der Waals surface area contributed by atoms with E-state index in [1.54, 1.807) is 0 Å². The number of nitrogens with two attached hydrogens (primary N) is 1. The summed E-state index contributed by atoms with van der Waals surface area (Å²) in [7, 11) is 0. The molecule has 0 saturated carbocycles. The summed E-state index contributed by atoms with van der Waals surface area (Å²) in [6, 6.07) is 6.94. The van der Waals surface area contributed by atoms with Crippen LogP contribution in [-0.2, 0) is 0 Å². The fourth-order valence-corrected chi connectivity index (χ4v) is 2.32. The van der Waals surface area contributed by atoms with Gasteiger partial charge in [0.05, 0.1) is 0 Å². The lowest BCUT2D eigenvalue weighted by Gasteiger charge is -2.06. The monoisotopic (exact) mass is 209 g/mol. The van der Waals surface area contributed by atoms with E-state index in [4.69, 9.17) is 5.73 Å². The van der Waals surface area contributed by atoms with Crippen molar-refractivity contribution >= 4 is 11.8 Å². The smallest absolute Gasteiger partial charge is 0.00747 e. The van der Waals surface area contributed by atoms with E-state index in [1.807, 2.05) is 11.8 Å². The predicted octanol–water partition coefficient (Wildman–Crippen LogP) is 3.13. The van der Waals surface area contributed by atoms with Gasteiger partial charge in [-0.25, -0.2) is 0 Å². The van der Waals surface area contributed by atoms with Gasteiger partial charge in [-0.1, -0.05) is 6.07 Å². The molecule has 2 heteroatoms. The van der Waals surface area contributed by atoms with E-state index in [2.05, 4.69) is 39.0 Å². The summed E-state index contributed by atoms with van der Waals surface area (Å²) >= 11 is 1.89. The van der Waals surface area contributed by atoms with E-state index in [9.17, 15) is 0 Å². The quantitative estimate of drug-likeness (QED) is 0.771. The highest BCUT2D eigenvalue weighted by molar-refractivity contribution is 7.99. The standard InChI is InChI=1S/C12H19NS/c1-9-4-5-12(8-10(9)2)14-7-6-11(3)13/h4-5,8,11H,6-7,13H2,1-3H3. The maximum atomic E-state index is 5.70. The van der Waals surface area contributed by atoms with Crippen LogP contribution >= 0.6 is 11.8 Å². The number of thioether (sulfide) groups is 1. The van der Waals surface area contributed by atoms with Crippen molar-refractivity contribution in [2.45, 2.75) is 38.1 Å². The minimum atomic E-state index is 0.314. The number of benzene rings is 1. The summed E-state index contributed by atoms with van der Waals surface area (Å²) in [6.45, 7) is 6.36. The van der Waals surface area contributed by atoms with Crippen LogP contribution in [0.15, 0.2) is 23.1 Å². The second kappa shape index (κ2) is 5.42. The fourth-order valence-electron chi connectivity index (χ4n) is 1.17. The third-order valence-corrected chi connectivity index (χ3v) is 3.35. The van der Waals surface area contributed by atoms with Crippen molar-refractivity contribution in [3.63, 3.8) is 0 Å². The first-order chi connectivity index (χ1) is 6.59. The van der Waals surface area contributed by atoms with Gasteiger partial charge in [0, 0.05) is 10.9 Å². The first kappa shape index (κ1) is 11.6. The second-order valence-corrected chi connectivity index (χ2v) is 5.03. The molecule has 0 spiro atoms. The van der Waals surface area contributed by atoms with Crippen LogP contribution in [0.25, 0.3) is 0 Å². The molecule has 14 heavy (non-hydrogen) atoms. The van der Waals surface area contributed by atoms with Crippen molar-refractivity contribution in [2.75, 3.05) is 5.75 Å². The van der Waals surface area contributed by atoms with Gasteiger partial charge in [-0.3, -0.25) is 0 Å². The molecule has 1 nitrogen and oxygen atoms in total. The number of rotatable bonds is 4. The van der Waals surface area contributed by atoms with Crippen LogP contribution in [0.2, 0.25) is 0 Å². The van der Waals surface area contributed by atoms with Crippen LogP contribution in [0, 0.1) is 13.8 Å². The van der Waals surface area contributed by atoms with Gasteiger partial charge in [-0.05, 0) is 56.2 Å². The Morgan fingerprint density at radius 3 is 2.57 bits per heavy atom. The zero-order valence-electron chi connectivity index (χ0n) is 9.21. The van der Waals surface area contributed by atoms with Crippen LogP contribution in [-0.4, -0.2) is 11.8 Å². The normalized spacial score (nSPS) is 12.9. The molecule has 2 N–H and O–H groups in total. The molecule has 1 aromatic rings. The summed E-state index contributed by atoms with van der Waals surface area (Å²) in [5, 5.41) is 0. The molecule has 0 aliphatic rings. The molecular weight excluding hydrogens is 190 g/mol. The molecule has 1 rings (SSSR count). The number of hydrogen-bond donors (Lipinski definition) is 1. The van der Waals surface area contributed by atoms with E-state index in [1.165, 1.54) is 16.0 Å². The van der Waals surface area contributed by atoms with E-state index in [0.29, 0.717) is 6.04 Å². The average molecular weight is 209 g/mol. The molecular formula is C12H19NS. The van der Waals surface area contributed by atoms with Crippen molar-refractivity contribution in [1.29, 1.82) is 0 Å². The lowest BCUT2D eigenvalue weighted by molar-refractivity contribution is 0.721. The molecule has 1 aromatic carbocycles. The van der Waals surface area contributed by atoms with Crippen molar-refractivity contribution in [3.8, 4) is 0 Å². The Balaban J connectivity index is 2.47. The van der Waals surface area contributed by atoms with Crippen molar-refractivity contribution in [2.24, 2.45) is 5.73 Å². The van der Waals surface area contributed by atoms with Crippen LogP contribution in [0.3, 0.4) is 0 Å². The largest absolute Gasteiger partial charge is 0.328 e. The minimum absolute atomic E-state index is 0.314. The highest BCUT2D eigenvalue weighted by atomic mass is 32.2. The molecule has 0 fully saturated rings. The van der Waals surface area contributed by atoms with Crippen molar-refractivity contribution in [1.82, 2.24) is 0 Å². The van der Waals surface area contributed by atoms with Gasteiger partial charge in [0.1, 0.15) is 0 Å². The summed E-state index contributed by atoms with van der Waals surface area (Å²) in [6.07, 6.45) is 1.08. The van der Waals surface area contributed by atoms with Crippen molar-refractivity contribution < 1.29 is 0 Å². The summed E-state index contributed by atoms with van der Waals surface area (Å²) in [5.41, 5.74) is 8.43. The maximum absolute atomic E-state index is 5.70. The van der Waals surface area contributed by atoms with Crippen LogP contribution in [0.4, 0.5) is 0 Å². The Morgan fingerprint density at radius 2 is 2.00 bits per heavy atom. The second-order valence-electron chi connectivity index (χ2n) is 3.86. The highest BCUT2D eigenvalue weighted by Crippen LogP contribution is 2.21. The number of aryl methyl sites for hydroxylation is 2. The first-order valence-electron chi connectivity index (χ1n) is 5.05. The number of hydrogen-bond acceptors (Lipinski definition) is 2. The van der Waals surface area contributed by atoms with E-state index < -0.39 is 0 Å². The molecule has 0 heterocycles. The highest BCUT2D eigenvalue weighted by Gasteiger charge is 1.98. The Labute approximate surface area is 91.1 Å². The topological polar surface area (TPSA) is 26.0 Å². The van der Waals surface area contributed by atoms with Gasteiger partial charge in [-0.15, -0.1) is 11.8 Å². The zero-order chi connectivity index (χ0) is 10.6. The molecule has 0 aliphatic heterocycles. The lowest BCUT2D eigenvalue weighted by Crippen LogP contribution is -2.15. The Morgan fingerprint density at radius 1 is 1.29 bits per heavy atom. The van der Waals surface area contributed by atoms with E-state index in [-0.39, 0.29) is 0 Å². The lowest BCUT2D eigenvalue weighted by atomic mass is 10.1. The zero-order valence-corrected chi connectivity index (χ0v) is 10.0. The molecule has 0 aromatic heterocycles. The SMILES string of the molecule is Cc1ccc(SCCC(C)N)cc1C. The molecule has 1 unspecified atom stereocenters. The predicted molar refractivity (Wildman–Crippen MR) is 64.9 cm³/mol. The third kappa shape index (κ3) is 3.72. The van der Waals surface area contributed by atoms with Gasteiger partial charge in [0.2, 0.25) is 0 Å². The molecule has 0 radical (unpaired) electrons. The van der Waals surface area contributed by atoms with Crippen molar-refractivity contribution in [3.05, 3.63) is 29.3 Å². The Bertz CT molecular complexity index is 294. The van der Waals surface area contributed by atoms with Gasteiger partial charge in [0.25, 0.3) is 0 Å². The average Bonchev–Trinajstić information content (AvgIpc) is 2.10. The molecule has 0 bridgehead atoms. The van der Waals surface area contributed by atoms with Gasteiger partial charge < -0.3 is 5.73 Å².